The molecule has 0 spiro atoms. The highest BCUT2D eigenvalue weighted by atomic mass is 19.4. The number of rotatable bonds is 2. The quantitative estimate of drug-likeness (QED) is 0.828. The number of halogens is 3. The molecule has 2 nitrogen and oxygen atoms in total. The van der Waals surface area contributed by atoms with E-state index < -0.39 is 18.6 Å². The SMILES string of the molecule is Cc1cc(C(=O)O)ccc1CC(F)(F)F. The molecule has 0 aromatic heterocycles. The van der Waals surface area contributed by atoms with Crippen LogP contribution in [0.2, 0.25) is 0 Å². The molecule has 0 amide bonds. The molecule has 1 N–H and O–H groups in total. The van der Waals surface area contributed by atoms with Crippen molar-refractivity contribution in [2.24, 2.45) is 0 Å². The van der Waals surface area contributed by atoms with Gasteiger partial charge in [0.25, 0.3) is 0 Å². The molecule has 5 heteroatoms. The van der Waals surface area contributed by atoms with Crippen molar-refractivity contribution in [3.8, 4) is 0 Å². The van der Waals surface area contributed by atoms with Crippen LogP contribution in [0.1, 0.15) is 21.5 Å². The average Bonchev–Trinajstić information content (AvgIpc) is 2.05. The highest BCUT2D eigenvalue weighted by Crippen LogP contribution is 2.23. The summed E-state index contributed by atoms with van der Waals surface area (Å²) in [4.78, 5) is 10.5. The van der Waals surface area contributed by atoms with Crippen LogP contribution in [0.15, 0.2) is 18.2 Å². The fraction of sp³-hybridized carbons (Fsp3) is 0.300. The molecule has 1 aromatic rings. The molecule has 0 saturated carbocycles. The van der Waals surface area contributed by atoms with Gasteiger partial charge in [0.1, 0.15) is 0 Å². The van der Waals surface area contributed by atoms with E-state index in [2.05, 4.69) is 0 Å². The second kappa shape index (κ2) is 3.92. The largest absolute Gasteiger partial charge is 0.478 e. The second-order valence-corrected chi connectivity index (χ2v) is 3.24. The highest BCUT2D eigenvalue weighted by Gasteiger charge is 2.28. The van der Waals surface area contributed by atoms with E-state index >= 15 is 0 Å². The van der Waals surface area contributed by atoms with Crippen LogP contribution in [0.4, 0.5) is 13.2 Å². The topological polar surface area (TPSA) is 37.3 Å². The van der Waals surface area contributed by atoms with E-state index in [0.717, 1.165) is 0 Å². The Kier molecular flexibility index (Phi) is 3.02. The van der Waals surface area contributed by atoms with E-state index in [9.17, 15) is 18.0 Å². The van der Waals surface area contributed by atoms with Gasteiger partial charge in [-0.3, -0.25) is 0 Å². The molecule has 0 heterocycles. The van der Waals surface area contributed by atoms with Gasteiger partial charge in [0.2, 0.25) is 0 Å². The van der Waals surface area contributed by atoms with Crippen LogP contribution in [0, 0.1) is 6.92 Å². The Balaban J connectivity index is 2.99. The van der Waals surface area contributed by atoms with Crippen molar-refractivity contribution >= 4 is 5.97 Å². The number of aromatic carboxylic acids is 1. The zero-order valence-corrected chi connectivity index (χ0v) is 7.93. The summed E-state index contributed by atoms with van der Waals surface area (Å²) in [6.45, 7) is 1.47. The lowest BCUT2D eigenvalue weighted by Crippen LogP contribution is -2.12. The lowest BCUT2D eigenvalue weighted by molar-refractivity contribution is -0.127. The molecule has 15 heavy (non-hydrogen) atoms. The van der Waals surface area contributed by atoms with Gasteiger partial charge in [-0.2, -0.15) is 13.2 Å². The van der Waals surface area contributed by atoms with Gasteiger partial charge in [0.15, 0.2) is 0 Å². The smallest absolute Gasteiger partial charge is 0.393 e. The normalized spacial score (nSPS) is 11.5. The van der Waals surface area contributed by atoms with Gasteiger partial charge in [-0.25, -0.2) is 4.79 Å². The number of hydrogen-bond acceptors (Lipinski definition) is 1. The van der Waals surface area contributed by atoms with Gasteiger partial charge >= 0.3 is 12.1 Å². The Morgan fingerprint density at radius 1 is 1.40 bits per heavy atom. The van der Waals surface area contributed by atoms with Crippen molar-refractivity contribution in [3.05, 3.63) is 34.9 Å². The Labute approximate surface area is 84.3 Å². The van der Waals surface area contributed by atoms with Gasteiger partial charge in [-0.15, -0.1) is 0 Å². The van der Waals surface area contributed by atoms with E-state index in [1.807, 2.05) is 0 Å². The summed E-state index contributed by atoms with van der Waals surface area (Å²) in [6.07, 6.45) is -5.30. The fourth-order valence-electron chi connectivity index (χ4n) is 1.24. The Hall–Kier alpha value is -1.52. The molecule has 0 atom stereocenters. The predicted molar refractivity (Wildman–Crippen MR) is 47.9 cm³/mol. The van der Waals surface area contributed by atoms with Crippen LogP contribution in [0.3, 0.4) is 0 Å². The van der Waals surface area contributed by atoms with Crippen molar-refractivity contribution < 1.29 is 23.1 Å². The van der Waals surface area contributed by atoms with Gasteiger partial charge in [0.05, 0.1) is 12.0 Å². The van der Waals surface area contributed by atoms with E-state index in [1.54, 1.807) is 0 Å². The summed E-state index contributed by atoms with van der Waals surface area (Å²) in [6, 6.07) is 3.62. The van der Waals surface area contributed by atoms with Gasteiger partial charge in [-0.05, 0) is 30.2 Å². The maximum Gasteiger partial charge on any atom is 0.393 e. The molecule has 1 rings (SSSR count). The molecule has 0 aliphatic rings. The van der Waals surface area contributed by atoms with E-state index in [1.165, 1.54) is 25.1 Å². The minimum atomic E-state index is -4.27. The third-order valence-corrected chi connectivity index (χ3v) is 1.98. The number of carboxylic acid groups (broad SMARTS) is 1. The maximum absolute atomic E-state index is 12.1. The molecule has 82 valence electrons. The molecule has 0 aliphatic carbocycles. The first-order chi connectivity index (χ1) is 6.79. The van der Waals surface area contributed by atoms with Crippen molar-refractivity contribution in [2.75, 3.05) is 0 Å². The molecule has 0 aliphatic heterocycles. The number of aryl methyl sites for hydroxylation is 1. The molecule has 1 aromatic carbocycles. The lowest BCUT2D eigenvalue weighted by Gasteiger charge is -2.09. The summed E-state index contributed by atoms with van der Waals surface area (Å²) in [5, 5.41) is 8.61. The zero-order chi connectivity index (χ0) is 11.6. The third-order valence-electron chi connectivity index (χ3n) is 1.98. The van der Waals surface area contributed by atoms with Crippen LogP contribution >= 0.6 is 0 Å². The first-order valence-electron chi connectivity index (χ1n) is 4.19. The number of benzene rings is 1. The molecule has 0 radical (unpaired) electrons. The molecule has 0 saturated heterocycles. The number of hydrogen-bond donors (Lipinski definition) is 1. The predicted octanol–water partition coefficient (Wildman–Crippen LogP) is 2.80. The summed E-state index contributed by atoms with van der Waals surface area (Å²) < 4.78 is 36.2. The van der Waals surface area contributed by atoms with E-state index in [-0.39, 0.29) is 11.1 Å². The number of carbonyl (C=O) groups is 1. The monoisotopic (exact) mass is 218 g/mol. The van der Waals surface area contributed by atoms with Crippen LogP contribution in [0.25, 0.3) is 0 Å². The van der Waals surface area contributed by atoms with Crippen molar-refractivity contribution in [1.82, 2.24) is 0 Å². The average molecular weight is 218 g/mol. The molecular formula is C10H9F3O2. The van der Waals surface area contributed by atoms with Gasteiger partial charge in [0, 0.05) is 0 Å². The zero-order valence-electron chi connectivity index (χ0n) is 7.93. The summed E-state index contributed by atoms with van der Waals surface area (Å²) in [5.74, 6) is -1.14. The Morgan fingerprint density at radius 2 is 2.00 bits per heavy atom. The lowest BCUT2D eigenvalue weighted by atomic mass is 10.0. The van der Waals surface area contributed by atoms with E-state index in [0.29, 0.717) is 5.56 Å². The first kappa shape index (κ1) is 11.6. The van der Waals surface area contributed by atoms with Gasteiger partial charge < -0.3 is 5.11 Å². The highest BCUT2D eigenvalue weighted by molar-refractivity contribution is 5.87. The molecule has 0 unspecified atom stereocenters. The Bertz CT molecular complexity index is 383. The van der Waals surface area contributed by atoms with Crippen molar-refractivity contribution in [1.29, 1.82) is 0 Å². The maximum atomic E-state index is 12.1. The van der Waals surface area contributed by atoms with Crippen LogP contribution in [0.5, 0.6) is 0 Å². The fourth-order valence-corrected chi connectivity index (χ4v) is 1.24. The summed E-state index contributed by atoms with van der Waals surface area (Å²) in [5.41, 5.74) is 0.443. The number of alkyl halides is 3. The first-order valence-corrected chi connectivity index (χ1v) is 4.19. The number of carboxylic acids is 1. The van der Waals surface area contributed by atoms with Crippen molar-refractivity contribution in [3.63, 3.8) is 0 Å². The molecule has 0 bridgehead atoms. The Morgan fingerprint density at radius 3 is 2.40 bits per heavy atom. The minimum absolute atomic E-state index is 0.00146. The summed E-state index contributed by atoms with van der Waals surface area (Å²) in [7, 11) is 0. The van der Waals surface area contributed by atoms with Gasteiger partial charge in [-0.1, -0.05) is 6.07 Å². The van der Waals surface area contributed by atoms with Crippen LogP contribution < -0.4 is 0 Å². The van der Waals surface area contributed by atoms with Crippen LogP contribution in [-0.4, -0.2) is 17.3 Å². The second-order valence-electron chi connectivity index (χ2n) is 3.24. The molecular weight excluding hydrogens is 209 g/mol. The van der Waals surface area contributed by atoms with Crippen LogP contribution in [-0.2, 0) is 6.42 Å². The summed E-state index contributed by atoms with van der Waals surface area (Å²) >= 11 is 0. The molecule has 0 fully saturated rings. The van der Waals surface area contributed by atoms with E-state index in [4.69, 9.17) is 5.11 Å². The van der Waals surface area contributed by atoms with Crippen molar-refractivity contribution in [2.45, 2.75) is 19.5 Å². The third kappa shape index (κ3) is 3.27. The standard InChI is InChI=1S/C10H9F3O2/c1-6-4-7(9(14)15)2-3-8(6)5-10(11,12)13/h2-4H,5H2,1H3,(H,14,15). The minimum Gasteiger partial charge on any atom is -0.478 e.